The van der Waals surface area contributed by atoms with Crippen LogP contribution in [0.15, 0.2) is 60.7 Å². The lowest BCUT2D eigenvalue weighted by molar-refractivity contribution is -0.157. The van der Waals surface area contributed by atoms with Crippen molar-refractivity contribution in [3.8, 4) is 0 Å². The van der Waals surface area contributed by atoms with E-state index in [-0.39, 0.29) is 24.5 Å². The molecule has 0 atom stereocenters. The Kier molecular flexibility index (Phi) is 8.53. The number of hydrogen-bond donors (Lipinski definition) is 0. The summed E-state index contributed by atoms with van der Waals surface area (Å²) in [6.07, 6.45) is 4.63. The number of hydrogen-bond acceptors (Lipinski definition) is 3. The van der Waals surface area contributed by atoms with Crippen molar-refractivity contribution in [1.82, 2.24) is 4.90 Å². The second-order valence-electron chi connectivity index (χ2n) is 7.65. The predicted molar refractivity (Wildman–Crippen MR) is 117 cm³/mol. The SMILES string of the molecule is CCCCC(C(=O)OC1CCN(C)CC1)(c1ccccc1)c1ccccc1.Cl. The van der Waals surface area contributed by atoms with Crippen molar-refractivity contribution >= 4 is 18.4 Å². The molecule has 28 heavy (non-hydrogen) atoms. The van der Waals surface area contributed by atoms with Gasteiger partial charge in [-0.05, 0) is 37.4 Å². The van der Waals surface area contributed by atoms with E-state index in [1.54, 1.807) is 0 Å². The lowest BCUT2D eigenvalue weighted by Crippen LogP contribution is -2.43. The zero-order valence-corrected chi connectivity index (χ0v) is 17.8. The van der Waals surface area contributed by atoms with Crippen LogP contribution in [0.2, 0.25) is 0 Å². The fourth-order valence-electron chi connectivity index (χ4n) is 4.04. The molecule has 0 amide bonds. The third-order valence-corrected chi connectivity index (χ3v) is 5.73. The van der Waals surface area contributed by atoms with Gasteiger partial charge in [0.05, 0.1) is 0 Å². The number of carbonyl (C=O) groups is 1. The number of ether oxygens (including phenoxy) is 1. The molecule has 0 unspecified atom stereocenters. The van der Waals surface area contributed by atoms with Gasteiger partial charge in [0.15, 0.2) is 0 Å². The summed E-state index contributed by atoms with van der Waals surface area (Å²) in [5, 5.41) is 0. The highest BCUT2D eigenvalue weighted by atomic mass is 35.5. The number of carbonyl (C=O) groups excluding carboxylic acids is 1. The fraction of sp³-hybridized carbons (Fsp3) is 0.458. The molecule has 2 aromatic rings. The summed E-state index contributed by atoms with van der Waals surface area (Å²) in [4.78, 5) is 16.0. The van der Waals surface area contributed by atoms with Crippen LogP contribution < -0.4 is 0 Å². The molecule has 0 N–H and O–H groups in total. The van der Waals surface area contributed by atoms with Gasteiger partial charge in [0.25, 0.3) is 0 Å². The highest BCUT2D eigenvalue weighted by Gasteiger charge is 2.44. The first-order valence-corrected chi connectivity index (χ1v) is 10.2. The topological polar surface area (TPSA) is 29.5 Å². The highest BCUT2D eigenvalue weighted by Crippen LogP contribution is 2.39. The van der Waals surface area contributed by atoms with E-state index in [4.69, 9.17) is 4.74 Å². The summed E-state index contributed by atoms with van der Waals surface area (Å²) in [5.41, 5.74) is 1.33. The minimum atomic E-state index is -0.734. The number of piperidine rings is 1. The molecule has 1 aliphatic heterocycles. The summed E-state index contributed by atoms with van der Waals surface area (Å²) in [6.45, 7) is 4.14. The maximum absolute atomic E-state index is 13.7. The zero-order valence-electron chi connectivity index (χ0n) is 17.0. The third kappa shape index (κ3) is 4.95. The van der Waals surface area contributed by atoms with E-state index in [2.05, 4.69) is 43.1 Å². The Morgan fingerprint density at radius 2 is 1.50 bits per heavy atom. The van der Waals surface area contributed by atoms with Gasteiger partial charge in [-0.3, -0.25) is 4.79 Å². The summed E-state index contributed by atoms with van der Waals surface area (Å²) in [6, 6.07) is 20.3. The van der Waals surface area contributed by atoms with Gasteiger partial charge in [-0.2, -0.15) is 0 Å². The molecule has 0 saturated carbocycles. The van der Waals surface area contributed by atoms with Gasteiger partial charge in [0.1, 0.15) is 11.5 Å². The number of unbranched alkanes of at least 4 members (excludes halogenated alkanes) is 1. The molecule has 1 aliphatic rings. The molecule has 3 nitrogen and oxygen atoms in total. The van der Waals surface area contributed by atoms with E-state index < -0.39 is 5.41 Å². The molecule has 0 bridgehead atoms. The zero-order chi connectivity index (χ0) is 19.1. The molecular formula is C24H32ClNO2. The number of nitrogens with zero attached hydrogens (tertiary/aromatic N) is 1. The van der Waals surface area contributed by atoms with Crippen molar-refractivity contribution in [3.63, 3.8) is 0 Å². The summed E-state index contributed by atoms with van der Waals surface area (Å²) in [5.74, 6) is -0.0945. The van der Waals surface area contributed by atoms with Gasteiger partial charge in [-0.1, -0.05) is 80.4 Å². The van der Waals surface area contributed by atoms with E-state index in [0.717, 1.165) is 56.3 Å². The van der Waals surface area contributed by atoms with Crippen molar-refractivity contribution in [2.75, 3.05) is 20.1 Å². The average molecular weight is 402 g/mol. The fourth-order valence-corrected chi connectivity index (χ4v) is 4.04. The van der Waals surface area contributed by atoms with Gasteiger partial charge in [0, 0.05) is 13.1 Å². The second-order valence-corrected chi connectivity index (χ2v) is 7.65. The number of halogens is 1. The first kappa shape index (κ1) is 22.4. The van der Waals surface area contributed by atoms with Crippen molar-refractivity contribution in [3.05, 3.63) is 71.8 Å². The maximum Gasteiger partial charge on any atom is 0.321 e. The maximum atomic E-state index is 13.7. The molecule has 0 radical (unpaired) electrons. The van der Waals surface area contributed by atoms with Crippen LogP contribution in [0.3, 0.4) is 0 Å². The third-order valence-electron chi connectivity index (χ3n) is 5.73. The lowest BCUT2D eigenvalue weighted by Gasteiger charge is -2.36. The first-order valence-electron chi connectivity index (χ1n) is 10.2. The Balaban J connectivity index is 0.00000280. The normalized spacial score (nSPS) is 15.6. The van der Waals surface area contributed by atoms with Crippen molar-refractivity contribution in [2.45, 2.75) is 50.5 Å². The number of esters is 1. The van der Waals surface area contributed by atoms with E-state index >= 15 is 0 Å². The second kappa shape index (κ2) is 10.6. The van der Waals surface area contributed by atoms with Crippen LogP contribution in [0.1, 0.15) is 50.2 Å². The number of benzene rings is 2. The lowest BCUT2D eigenvalue weighted by atomic mass is 9.71. The van der Waals surface area contributed by atoms with Crippen LogP contribution in [0.25, 0.3) is 0 Å². The largest absolute Gasteiger partial charge is 0.461 e. The first-order chi connectivity index (χ1) is 13.2. The van der Waals surface area contributed by atoms with E-state index in [0.29, 0.717) is 0 Å². The summed E-state index contributed by atoms with van der Waals surface area (Å²) in [7, 11) is 2.12. The Morgan fingerprint density at radius 1 is 1.00 bits per heavy atom. The smallest absolute Gasteiger partial charge is 0.321 e. The monoisotopic (exact) mass is 401 g/mol. The molecule has 1 fully saturated rings. The number of rotatable bonds is 7. The van der Waals surface area contributed by atoms with Gasteiger partial charge in [0.2, 0.25) is 0 Å². The molecule has 4 heteroatoms. The minimum Gasteiger partial charge on any atom is -0.461 e. The molecule has 0 aliphatic carbocycles. The quantitative estimate of drug-likeness (QED) is 0.595. The highest BCUT2D eigenvalue weighted by molar-refractivity contribution is 5.88. The van der Waals surface area contributed by atoms with Crippen molar-refractivity contribution in [2.24, 2.45) is 0 Å². The van der Waals surface area contributed by atoms with Gasteiger partial charge in [-0.15, -0.1) is 12.4 Å². The average Bonchev–Trinajstić information content (AvgIpc) is 2.72. The van der Waals surface area contributed by atoms with Gasteiger partial charge in [-0.25, -0.2) is 0 Å². The Bertz CT molecular complexity index is 672. The van der Waals surface area contributed by atoms with Gasteiger partial charge < -0.3 is 9.64 Å². The molecule has 0 spiro atoms. The summed E-state index contributed by atoms with van der Waals surface area (Å²) < 4.78 is 6.15. The molecular weight excluding hydrogens is 370 g/mol. The number of likely N-dealkylation sites (tertiary alicyclic amines) is 1. The van der Waals surface area contributed by atoms with Crippen LogP contribution in [-0.2, 0) is 14.9 Å². The minimum absolute atomic E-state index is 0. The Labute approximate surface area is 175 Å². The summed E-state index contributed by atoms with van der Waals surface area (Å²) >= 11 is 0. The molecule has 1 saturated heterocycles. The standard InChI is InChI=1S/C24H31NO2.ClH/c1-3-4-17-24(20-11-7-5-8-12-20,21-13-9-6-10-14-21)23(26)27-22-15-18-25(2)19-16-22;/h5-14,22H,3-4,15-19H2,1-2H3;1H. The molecule has 1 heterocycles. The molecule has 3 rings (SSSR count). The van der Waals surface area contributed by atoms with Crippen LogP contribution in [0.4, 0.5) is 0 Å². The Hall–Kier alpha value is -1.84. The Morgan fingerprint density at radius 3 is 1.96 bits per heavy atom. The molecule has 152 valence electrons. The predicted octanol–water partition coefficient (Wildman–Crippen LogP) is 5.22. The van der Waals surface area contributed by atoms with Crippen LogP contribution in [0.5, 0.6) is 0 Å². The van der Waals surface area contributed by atoms with E-state index in [9.17, 15) is 4.79 Å². The van der Waals surface area contributed by atoms with Gasteiger partial charge >= 0.3 is 5.97 Å². The van der Waals surface area contributed by atoms with Crippen molar-refractivity contribution < 1.29 is 9.53 Å². The molecule has 0 aromatic heterocycles. The molecule has 2 aromatic carbocycles. The van der Waals surface area contributed by atoms with Crippen LogP contribution in [0, 0.1) is 0 Å². The van der Waals surface area contributed by atoms with E-state index in [1.807, 2.05) is 36.4 Å². The van der Waals surface area contributed by atoms with E-state index in [1.165, 1.54) is 0 Å². The van der Waals surface area contributed by atoms with Crippen LogP contribution in [-0.4, -0.2) is 37.1 Å². The van der Waals surface area contributed by atoms with Crippen LogP contribution >= 0.6 is 12.4 Å². The van der Waals surface area contributed by atoms with Crippen molar-refractivity contribution in [1.29, 1.82) is 0 Å².